The Kier molecular flexibility index (Phi) is 5.04. The first-order chi connectivity index (χ1) is 13.1. The summed E-state index contributed by atoms with van der Waals surface area (Å²) in [6.07, 6.45) is 4.09. The van der Waals surface area contributed by atoms with Crippen LogP contribution in [0.1, 0.15) is 31.2 Å². The maximum atomic E-state index is 13.7. The Balaban J connectivity index is 1.41. The summed E-state index contributed by atoms with van der Waals surface area (Å²) >= 11 is 0. The highest BCUT2D eigenvalue weighted by Crippen LogP contribution is 2.40. The van der Waals surface area contributed by atoms with Crippen LogP contribution in [0.3, 0.4) is 0 Å². The Labute approximate surface area is 159 Å². The maximum Gasteiger partial charge on any atom is 0.317 e. The van der Waals surface area contributed by atoms with E-state index in [4.69, 9.17) is 0 Å². The second kappa shape index (κ2) is 7.46. The number of hydrogen-bond donors (Lipinski definition) is 2. The lowest BCUT2D eigenvalue weighted by Gasteiger charge is -2.43. The summed E-state index contributed by atoms with van der Waals surface area (Å²) in [7, 11) is 0. The lowest BCUT2D eigenvalue weighted by atomic mass is 9.79. The molecule has 2 heterocycles. The number of urea groups is 1. The standard InChI is InChI=1S/C20H27FN4O2/c21-16-5-3-4-15(12-16)20(6-1-2-7-20)14-23-19(27)25-11-10-24-9-8-22-18(26)17(24)13-25/h3-5,12,17H,1-2,6-11,13-14H2,(H,22,26)(H,23,27)/t17-/m0/s1. The Hall–Kier alpha value is -2.15. The molecule has 0 radical (unpaired) electrons. The summed E-state index contributed by atoms with van der Waals surface area (Å²) in [5, 5.41) is 5.95. The van der Waals surface area contributed by atoms with E-state index >= 15 is 0 Å². The van der Waals surface area contributed by atoms with Crippen molar-refractivity contribution in [3.05, 3.63) is 35.6 Å². The summed E-state index contributed by atoms with van der Waals surface area (Å²) in [6, 6.07) is 6.39. The van der Waals surface area contributed by atoms with Gasteiger partial charge in [-0.05, 0) is 30.5 Å². The zero-order chi connectivity index (χ0) is 18.9. The van der Waals surface area contributed by atoms with Gasteiger partial charge in [0, 0.05) is 44.7 Å². The molecule has 6 nitrogen and oxygen atoms in total. The molecule has 1 atom stereocenters. The van der Waals surface area contributed by atoms with E-state index < -0.39 is 0 Å². The number of benzene rings is 1. The van der Waals surface area contributed by atoms with E-state index in [2.05, 4.69) is 15.5 Å². The average molecular weight is 374 g/mol. The van der Waals surface area contributed by atoms with Crippen molar-refractivity contribution in [3.63, 3.8) is 0 Å². The summed E-state index contributed by atoms with van der Waals surface area (Å²) in [5.74, 6) is -0.227. The van der Waals surface area contributed by atoms with E-state index in [1.54, 1.807) is 17.0 Å². The van der Waals surface area contributed by atoms with Gasteiger partial charge < -0.3 is 15.5 Å². The third kappa shape index (κ3) is 3.65. The van der Waals surface area contributed by atoms with Crippen LogP contribution in [0.25, 0.3) is 0 Å². The first kappa shape index (κ1) is 18.2. The van der Waals surface area contributed by atoms with Gasteiger partial charge >= 0.3 is 6.03 Å². The van der Waals surface area contributed by atoms with Crippen molar-refractivity contribution in [3.8, 4) is 0 Å². The number of hydrogen-bond acceptors (Lipinski definition) is 3. The topological polar surface area (TPSA) is 64.7 Å². The van der Waals surface area contributed by atoms with Gasteiger partial charge in [-0.25, -0.2) is 9.18 Å². The van der Waals surface area contributed by atoms with Gasteiger partial charge in [0.05, 0.1) is 0 Å². The van der Waals surface area contributed by atoms with Crippen molar-refractivity contribution in [2.45, 2.75) is 37.1 Å². The zero-order valence-corrected chi connectivity index (χ0v) is 15.5. The maximum absolute atomic E-state index is 13.7. The predicted molar refractivity (Wildman–Crippen MR) is 99.9 cm³/mol. The molecule has 1 aromatic rings. The smallest absolute Gasteiger partial charge is 0.317 e. The van der Waals surface area contributed by atoms with Crippen molar-refractivity contribution in [1.29, 1.82) is 0 Å². The first-order valence-corrected chi connectivity index (χ1v) is 9.88. The summed E-state index contributed by atoms with van der Waals surface area (Å²) < 4.78 is 13.7. The van der Waals surface area contributed by atoms with Crippen LogP contribution < -0.4 is 10.6 Å². The van der Waals surface area contributed by atoms with Gasteiger partial charge in [0.15, 0.2) is 0 Å². The largest absolute Gasteiger partial charge is 0.353 e. The summed E-state index contributed by atoms with van der Waals surface area (Å²) in [4.78, 5) is 28.7. The number of amides is 3. The molecule has 0 unspecified atom stereocenters. The number of halogens is 1. The van der Waals surface area contributed by atoms with Gasteiger partial charge in [-0.15, -0.1) is 0 Å². The Bertz CT molecular complexity index is 720. The van der Waals surface area contributed by atoms with E-state index in [-0.39, 0.29) is 29.2 Å². The molecule has 2 saturated heterocycles. The molecular formula is C20H27FN4O2. The Morgan fingerprint density at radius 1 is 1.26 bits per heavy atom. The van der Waals surface area contributed by atoms with Crippen molar-refractivity contribution < 1.29 is 14.0 Å². The molecule has 3 aliphatic rings. The zero-order valence-electron chi connectivity index (χ0n) is 15.5. The number of piperazine rings is 2. The van der Waals surface area contributed by atoms with Crippen LogP contribution in [0, 0.1) is 5.82 Å². The van der Waals surface area contributed by atoms with Crippen molar-refractivity contribution >= 4 is 11.9 Å². The van der Waals surface area contributed by atoms with Gasteiger partial charge in [0.25, 0.3) is 0 Å². The number of carbonyl (C=O) groups excluding carboxylic acids is 2. The lowest BCUT2D eigenvalue weighted by Crippen LogP contribution is -2.65. The van der Waals surface area contributed by atoms with Crippen molar-refractivity contribution in [2.24, 2.45) is 0 Å². The van der Waals surface area contributed by atoms with E-state index in [9.17, 15) is 14.0 Å². The van der Waals surface area contributed by atoms with Gasteiger partial charge in [0.1, 0.15) is 11.9 Å². The van der Waals surface area contributed by atoms with Crippen LogP contribution in [-0.4, -0.2) is 67.0 Å². The van der Waals surface area contributed by atoms with Crippen LogP contribution in [0.15, 0.2) is 24.3 Å². The molecule has 1 aromatic carbocycles. The SMILES string of the molecule is O=C1NCCN2CCN(C(=O)NCC3(c4cccc(F)c4)CCCC3)C[C@@H]12. The fourth-order valence-corrected chi connectivity index (χ4v) is 4.76. The van der Waals surface area contributed by atoms with Crippen LogP contribution in [0.2, 0.25) is 0 Å². The minimum atomic E-state index is -0.248. The third-order valence-electron chi connectivity index (χ3n) is 6.35. The minimum Gasteiger partial charge on any atom is -0.353 e. The molecule has 2 N–H and O–H groups in total. The van der Waals surface area contributed by atoms with Crippen LogP contribution in [-0.2, 0) is 10.2 Å². The fraction of sp³-hybridized carbons (Fsp3) is 0.600. The van der Waals surface area contributed by atoms with E-state index in [0.717, 1.165) is 44.3 Å². The fourth-order valence-electron chi connectivity index (χ4n) is 4.76. The number of carbonyl (C=O) groups is 2. The van der Waals surface area contributed by atoms with Crippen LogP contribution >= 0.6 is 0 Å². The molecule has 0 bridgehead atoms. The first-order valence-electron chi connectivity index (χ1n) is 9.88. The Morgan fingerprint density at radius 3 is 2.85 bits per heavy atom. The number of nitrogens with one attached hydrogen (secondary N) is 2. The molecule has 3 amide bonds. The molecule has 0 aromatic heterocycles. The third-order valence-corrected chi connectivity index (χ3v) is 6.35. The van der Waals surface area contributed by atoms with Gasteiger partial charge in [-0.1, -0.05) is 25.0 Å². The minimum absolute atomic E-state index is 0.00535. The number of fused-ring (bicyclic) bond motifs is 1. The molecule has 146 valence electrons. The molecule has 2 aliphatic heterocycles. The summed E-state index contributed by atoms with van der Waals surface area (Å²) in [5.41, 5.74) is 0.777. The molecule has 3 fully saturated rings. The highest BCUT2D eigenvalue weighted by atomic mass is 19.1. The second-order valence-corrected chi connectivity index (χ2v) is 7.95. The highest BCUT2D eigenvalue weighted by molar-refractivity contribution is 5.84. The van der Waals surface area contributed by atoms with Gasteiger partial charge in [-0.3, -0.25) is 9.69 Å². The monoisotopic (exact) mass is 374 g/mol. The van der Waals surface area contributed by atoms with Crippen molar-refractivity contribution in [2.75, 3.05) is 39.3 Å². The number of rotatable bonds is 3. The molecule has 27 heavy (non-hydrogen) atoms. The average Bonchev–Trinajstić information content (AvgIpc) is 3.16. The lowest BCUT2D eigenvalue weighted by molar-refractivity contribution is -0.131. The Morgan fingerprint density at radius 2 is 2.07 bits per heavy atom. The molecule has 7 heteroatoms. The molecule has 4 rings (SSSR count). The van der Waals surface area contributed by atoms with Gasteiger partial charge in [-0.2, -0.15) is 0 Å². The van der Waals surface area contributed by atoms with Gasteiger partial charge in [0.2, 0.25) is 5.91 Å². The molecular weight excluding hydrogens is 347 g/mol. The molecule has 1 aliphatic carbocycles. The van der Waals surface area contributed by atoms with Crippen LogP contribution in [0.5, 0.6) is 0 Å². The quantitative estimate of drug-likeness (QED) is 0.842. The highest BCUT2D eigenvalue weighted by Gasteiger charge is 2.39. The second-order valence-electron chi connectivity index (χ2n) is 7.95. The van der Waals surface area contributed by atoms with E-state index in [1.165, 1.54) is 6.07 Å². The normalized spacial score (nSPS) is 25.0. The predicted octanol–water partition coefficient (Wildman–Crippen LogP) is 1.46. The molecule has 1 saturated carbocycles. The van der Waals surface area contributed by atoms with E-state index in [0.29, 0.717) is 26.2 Å². The van der Waals surface area contributed by atoms with E-state index in [1.807, 2.05) is 6.07 Å². The molecule has 0 spiro atoms. The number of nitrogens with zero attached hydrogens (tertiary/aromatic N) is 2. The van der Waals surface area contributed by atoms with Crippen molar-refractivity contribution in [1.82, 2.24) is 20.4 Å². The van der Waals surface area contributed by atoms with Crippen LogP contribution in [0.4, 0.5) is 9.18 Å². The summed E-state index contributed by atoms with van der Waals surface area (Å²) in [6.45, 7) is 3.80.